The zero-order chi connectivity index (χ0) is 10.6. The van der Waals surface area contributed by atoms with Crippen LogP contribution in [0.2, 0.25) is 0 Å². The highest BCUT2D eigenvalue weighted by Gasteiger charge is 2.33. The Kier molecular flexibility index (Phi) is 4.40. The van der Waals surface area contributed by atoms with Gasteiger partial charge >= 0.3 is 0 Å². The Morgan fingerprint density at radius 2 is 2.29 bits per heavy atom. The number of aliphatic hydroxyl groups is 1. The molecule has 80 valence electrons. The van der Waals surface area contributed by atoms with Crippen molar-refractivity contribution in [1.29, 1.82) is 0 Å². The lowest BCUT2D eigenvalue weighted by atomic mass is 9.95. The molecule has 1 rings (SSSR count). The van der Waals surface area contributed by atoms with Crippen LogP contribution in [0, 0.1) is 18.3 Å². The molecular formula is C11H18O3. The number of ether oxygens (including phenoxy) is 2. The number of aliphatic hydroxyl groups excluding tert-OH is 1. The van der Waals surface area contributed by atoms with Gasteiger partial charge in [0.2, 0.25) is 0 Å². The maximum Gasteiger partial charge on any atom is 0.184 e. The van der Waals surface area contributed by atoms with E-state index in [0.29, 0.717) is 13.0 Å². The van der Waals surface area contributed by atoms with Gasteiger partial charge < -0.3 is 14.6 Å². The van der Waals surface area contributed by atoms with E-state index < -0.39 is 12.4 Å². The molecule has 0 spiro atoms. The molecule has 2 unspecified atom stereocenters. The molecule has 0 aliphatic carbocycles. The van der Waals surface area contributed by atoms with E-state index in [9.17, 15) is 5.11 Å². The minimum Gasteiger partial charge on any atom is -0.388 e. The molecule has 14 heavy (non-hydrogen) atoms. The summed E-state index contributed by atoms with van der Waals surface area (Å²) in [6, 6.07) is 0. The van der Waals surface area contributed by atoms with Crippen molar-refractivity contribution < 1.29 is 14.6 Å². The first-order chi connectivity index (χ1) is 6.65. The Morgan fingerprint density at radius 1 is 1.57 bits per heavy atom. The zero-order valence-electron chi connectivity index (χ0n) is 8.77. The molecule has 0 bridgehead atoms. The van der Waals surface area contributed by atoms with Crippen molar-refractivity contribution in [2.75, 3.05) is 6.61 Å². The van der Waals surface area contributed by atoms with E-state index in [1.807, 2.05) is 13.8 Å². The van der Waals surface area contributed by atoms with Gasteiger partial charge in [0, 0.05) is 6.42 Å². The third kappa shape index (κ3) is 2.98. The fourth-order valence-corrected chi connectivity index (χ4v) is 1.67. The molecule has 1 saturated heterocycles. The zero-order valence-corrected chi connectivity index (χ0v) is 8.77. The monoisotopic (exact) mass is 198 g/mol. The molecule has 0 radical (unpaired) electrons. The SMILES string of the molecule is C#CCCO[C@@H]1OC(C)CC(C)[C@H]1O. The van der Waals surface area contributed by atoms with Crippen molar-refractivity contribution in [3.05, 3.63) is 0 Å². The largest absolute Gasteiger partial charge is 0.388 e. The van der Waals surface area contributed by atoms with Gasteiger partial charge in [-0.2, -0.15) is 0 Å². The summed E-state index contributed by atoms with van der Waals surface area (Å²) >= 11 is 0. The van der Waals surface area contributed by atoms with Crippen LogP contribution >= 0.6 is 0 Å². The van der Waals surface area contributed by atoms with E-state index in [1.165, 1.54) is 0 Å². The lowest BCUT2D eigenvalue weighted by molar-refractivity contribution is -0.250. The molecule has 4 atom stereocenters. The quantitative estimate of drug-likeness (QED) is 0.546. The maximum absolute atomic E-state index is 9.75. The second kappa shape index (κ2) is 5.35. The average molecular weight is 198 g/mol. The lowest BCUT2D eigenvalue weighted by Gasteiger charge is -2.36. The van der Waals surface area contributed by atoms with Gasteiger partial charge in [0.1, 0.15) is 6.10 Å². The summed E-state index contributed by atoms with van der Waals surface area (Å²) in [6.45, 7) is 4.43. The predicted octanol–water partition coefficient (Wildman–Crippen LogP) is 1.16. The molecule has 0 saturated carbocycles. The van der Waals surface area contributed by atoms with Crippen molar-refractivity contribution in [2.45, 2.75) is 45.2 Å². The number of hydrogen-bond donors (Lipinski definition) is 1. The van der Waals surface area contributed by atoms with E-state index in [0.717, 1.165) is 6.42 Å². The van der Waals surface area contributed by atoms with Crippen LogP contribution < -0.4 is 0 Å². The minimum absolute atomic E-state index is 0.143. The van der Waals surface area contributed by atoms with E-state index >= 15 is 0 Å². The fourth-order valence-electron chi connectivity index (χ4n) is 1.67. The van der Waals surface area contributed by atoms with Crippen molar-refractivity contribution in [3.63, 3.8) is 0 Å². The Labute approximate surface area is 85.4 Å². The van der Waals surface area contributed by atoms with E-state index in [4.69, 9.17) is 15.9 Å². The molecule has 1 fully saturated rings. The second-order valence-electron chi connectivity index (χ2n) is 3.84. The molecular weight excluding hydrogens is 180 g/mol. The smallest absolute Gasteiger partial charge is 0.184 e. The molecule has 1 heterocycles. The Hall–Kier alpha value is -0.560. The molecule has 1 aliphatic rings. The molecule has 1 N–H and O–H groups in total. The van der Waals surface area contributed by atoms with Gasteiger partial charge in [0.05, 0.1) is 12.7 Å². The highest BCUT2D eigenvalue weighted by Crippen LogP contribution is 2.25. The Balaban J connectivity index is 2.38. The standard InChI is InChI=1S/C11H18O3/c1-4-5-6-13-11-10(12)8(2)7-9(3)14-11/h1,8-12H,5-7H2,2-3H3/t8?,9?,10-,11-/m1/s1. The highest BCUT2D eigenvalue weighted by atomic mass is 16.7. The minimum atomic E-state index is -0.538. The Bertz CT molecular complexity index is 209. The second-order valence-corrected chi connectivity index (χ2v) is 3.84. The molecule has 1 aliphatic heterocycles. The van der Waals surface area contributed by atoms with Gasteiger partial charge in [-0.25, -0.2) is 0 Å². The summed E-state index contributed by atoms with van der Waals surface area (Å²) in [4.78, 5) is 0. The number of hydrogen-bond acceptors (Lipinski definition) is 3. The van der Waals surface area contributed by atoms with Crippen LogP contribution in [0.25, 0.3) is 0 Å². The molecule has 0 aromatic rings. The van der Waals surface area contributed by atoms with Crippen LogP contribution in [0.3, 0.4) is 0 Å². The van der Waals surface area contributed by atoms with E-state index in [1.54, 1.807) is 0 Å². The van der Waals surface area contributed by atoms with Crippen LogP contribution in [0.4, 0.5) is 0 Å². The predicted molar refractivity (Wildman–Crippen MR) is 53.5 cm³/mol. The lowest BCUT2D eigenvalue weighted by Crippen LogP contribution is -2.44. The van der Waals surface area contributed by atoms with Crippen LogP contribution in [-0.4, -0.2) is 30.2 Å². The Morgan fingerprint density at radius 3 is 2.93 bits per heavy atom. The summed E-state index contributed by atoms with van der Waals surface area (Å²) in [7, 11) is 0. The molecule has 3 nitrogen and oxygen atoms in total. The summed E-state index contributed by atoms with van der Waals surface area (Å²) in [5, 5.41) is 9.75. The van der Waals surface area contributed by atoms with Gasteiger partial charge in [0.25, 0.3) is 0 Å². The van der Waals surface area contributed by atoms with Gasteiger partial charge in [0.15, 0.2) is 6.29 Å². The van der Waals surface area contributed by atoms with Gasteiger partial charge in [-0.1, -0.05) is 6.92 Å². The highest BCUT2D eigenvalue weighted by molar-refractivity contribution is 4.83. The average Bonchev–Trinajstić information content (AvgIpc) is 2.13. The van der Waals surface area contributed by atoms with Gasteiger partial charge in [-0.15, -0.1) is 12.3 Å². The van der Waals surface area contributed by atoms with Crippen LogP contribution in [-0.2, 0) is 9.47 Å². The third-order valence-corrected chi connectivity index (χ3v) is 2.46. The van der Waals surface area contributed by atoms with Crippen molar-refractivity contribution in [2.24, 2.45) is 5.92 Å². The molecule has 0 aromatic carbocycles. The number of terminal acetylenes is 1. The topological polar surface area (TPSA) is 38.7 Å². The normalized spacial score (nSPS) is 37.9. The van der Waals surface area contributed by atoms with Crippen molar-refractivity contribution in [3.8, 4) is 12.3 Å². The van der Waals surface area contributed by atoms with Crippen molar-refractivity contribution in [1.82, 2.24) is 0 Å². The van der Waals surface area contributed by atoms with Gasteiger partial charge in [-0.3, -0.25) is 0 Å². The molecule has 3 heteroatoms. The fraction of sp³-hybridized carbons (Fsp3) is 0.818. The molecule has 0 aromatic heterocycles. The first-order valence-corrected chi connectivity index (χ1v) is 5.03. The van der Waals surface area contributed by atoms with E-state index in [-0.39, 0.29) is 12.0 Å². The summed E-state index contributed by atoms with van der Waals surface area (Å²) < 4.78 is 10.8. The number of rotatable bonds is 3. The van der Waals surface area contributed by atoms with Gasteiger partial charge in [-0.05, 0) is 19.3 Å². The maximum atomic E-state index is 9.75. The summed E-state index contributed by atoms with van der Waals surface area (Å²) in [5.74, 6) is 2.70. The summed E-state index contributed by atoms with van der Waals surface area (Å²) in [6.07, 6.45) is 5.62. The van der Waals surface area contributed by atoms with Crippen molar-refractivity contribution >= 4 is 0 Å². The first kappa shape index (κ1) is 11.5. The van der Waals surface area contributed by atoms with Crippen LogP contribution in [0.15, 0.2) is 0 Å². The van der Waals surface area contributed by atoms with E-state index in [2.05, 4.69) is 5.92 Å². The first-order valence-electron chi connectivity index (χ1n) is 5.03. The van der Waals surface area contributed by atoms with Crippen LogP contribution in [0.5, 0.6) is 0 Å². The summed E-state index contributed by atoms with van der Waals surface area (Å²) in [5.41, 5.74) is 0. The third-order valence-electron chi connectivity index (χ3n) is 2.46. The molecule has 0 amide bonds. The van der Waals surface area contributed by atoms with Crippen LogP contribution in [0.1, 0.15) is 26.7 Å².